The first-order valence-electron chi connectivity index (χ1n) is 7.76. The largest absolute Gasteiger partial charge is 0.612 e. The highest BCUT2D eigenvalue weighted by atomic mass is 16.8. The molecule has 0 aromatic heterocycles. The van der Waals surface area contributed by atoms with Gasteiger partial charge in [-0.05, 0) is 30.4 Å². The van der Waals surface area contributed by atoms with Crippen LogP contribution in [0.2, 0.25) is 0 Å². The Hall–Kier alpha value is -2.30. The average molecular weight is 314 g/mol. The van der Waals surface area contributed by atoms with E-state index < -0.39 is 10.3 Å². The molecule has 1 fully saturated rings. The van der Waals surface area contributed by atoms with Gasteiger partial charge in [-0.2, -0.15) is 4.90 Å². The zero-order valence-electron chi connectivity index (χ0n) is 13.5. The molecule has 122 valence electrons. The topological polar surface area (TPSA) is 86.4 Å². The molecule has 0 spiro atoms. The SMILES string of the molecule is CC12CCC(C(=O)C(C=C3C=CC=CC3=[N+]([O-])[O-])=C1O)C2(C)C. The Morgan fingerprint density at radius 3 is 2.57 bits per heavy atom. The van der Waals surface area contributed by atoms with Crippen LogP contribution in [0.4, 0.5) is 0 Å². The smallest absolute Gasteiger partial charge is 0.230 e. The monoisotopic (exact) mass is 314 g/mol. The van der Waals surface area contributed by atoms with Crippen molar-refractivity contribution in [2.75, 3.05) is 0 Å². The highest BCUT2D eigenvalue weighted by Crippen LogP contribution is 2.63. The zero-order chi connectivity index (χ0) is 17.0. The van der Waals surface area contributed by atoms with Crippen LogP contribution in [0.3, 0.4) is 0 Å². The molecular weight excluding hydrogens is 294 g/mol. The van der Waals surface area contributed by atoms with E-state index in [-0.39, 0.29) is 34.2 Å². The summed E-state index contributed by atoms with van der Waals surface area (Å²) in [6.07, 6.45) is 9.22. The lowest BCUT2D eigenvalue weighted by Gasteiger charge is -2.44. The number of allylic oxidation sites excluding steroid dienone is 8. The molecule has 0 aromatic carbocycles. The van der Waals surface area contributed by atoms with Gasteiger partial charge in [0.15, 0.2) is 5.78 Å². The van der Waals surface area contributed by atoms with Crippen molar-refractivity contribution in [2.24, 2.45) is 16.7 Å². The van der Waals surface area contributed by atoms with Crippen LogP contribution in [-0.4, -0.2) is 21.5 Å². The Kier molecular flexibility index (Phi) is 3.29. The van der Waals surface area contributed by atoms with Crippen LogP contribution >= 0.6 is 0 Å². The van der Waals surface area contributed by atoms with Crippen LogP contribution < -0.4 is 0 Å². The second-order valence-corrected chi connectivity index (χ2v) is 7.23. The molecule has 2 atom stereocenters. The summed E-state index contributed by atoms with van der Waals surface area (Å²) in [5.41, 5.74) is -0.281. The predicted octanol–water partition coefficient (Wildman–Crippen LogP) is 3.33. The Balaban J connectivity index is 2.16. The Morgan fingerprint density at radius 1 is 1.26 bits per heavy atom. The molecule has 5 heteroatoms. The molecule has 0 aromatic rings. The molecular formula is C18H20NO4-. The van der Waals surface area contributed by atoms with Crippen molar-refractivity contribution in [3.05, 3.63) is 57.7 Å². The first-order chi connectivity index (χ1) is 10.7. The van der Waals surface area contributed by atoms with Gasteiger partial charge in [0.05, 0.1) is 5.57 Å². The fourth-order valence-corrected chi connectivity index (χ4v) is 4.06. The third-order valence-electron chi connectivity index (χ3n) is 6.02. The lowest BCUT2D eigenvalue weighted by atomic mass is 9.59. The number of nitrogens with zero attached hydrogens (tertiary/aromatic N) is 1. The van der Waals surface area contributed by atoms with Crippen molar-refractivity contribution in [2.45, 2.75) is 33.6 Å². The second-order valence-electron chi connectivity index (χ2n) is 7.23. The minimum absolute atomic E-state index is 0.0667. The maximum absolute atomic E-state index is 12.8. The maximum Gasteiger partial charge on any atom is 0.230 e. The van der Waals surface area contributed by atoms with Gasteiger partial charge < -0.3 is 15.5 Å². The highest BCUT2D eigenvalue weighted by molar-refractivity contribution is 6.11. The van der Waals surface area contributed by atoms with Gasteiger partial charge in [-0.1, -0.05) is 32.9 Å². The number of hydrogen-bond donors (Lipinski definition) is 1. The number of ketones is 1. The van der Waals surface area contributed by atoms with Gasteiger partial charge in [-0.15, -0.1) is 0 Å². The van der Waals surface area contributed by atoms with Crippen molar-refractivity contribution < 1.29 is 14.8 Å². The van der Waals surface area contributed by atoms with Crippen LogP contribution in [0, 0.1) is 27.2 Å². The minimum Gasteiger partial charge on any atom is -0.612 e. The second kappa shape index (κ2) is 4.85. The molecule has 2 unspecified atom stereocenters. The normalized spacial score (nSPS) is 33.7. The molecule has 0 heterocycles. The Morgan fingerprint density at radius 2 is 1.91 bits per heavy atom. The number of hydrogen-bond acceptors (Lipinski definition) is 4. The first kappa shape index (κ1) is 15.6. The zero-order valence-corrected chi connectivity index (χ0v) is 13.5. The summed E-state index contributed by atoms with van der Waals surface area (Å²) in [6, 6.07) is 0. The van der Waals surface area contributed by atoms with Crippen LogP contribution in [0.5, 0.6) is 0 Å². The predicted molar refractivity (Wildman–Crippen MR) is 87.6 cm³/mol. The number of aliphatic hydroxyl groups is 1. The molecule has 23 heavy (non-hydrogen) atoms. The number of carbonyl (C=O) groups is 1. The highest BCUT2D eigenvalue weighted by Gasteiger charge is 2.60. The van der Waals surface area contributed by atoms with Gasteiger partial charge in [-0.25, -0.2) is 0 Å². The lowest BCUT2D eigenvalue weighted by molar-refractivity contribution is -0.377. The molecule has 5 nitrogen and oxygen atoms in total. The van der Waals surface area contributed by atoms with E-state index in [1.54, 1.807) is 18.2 Å². The van der Waals surface area contributed by atoms with E-state index >= 15 is 0 Å². The van der Waals surface area contributed by atoms with Crippen LogP contribution in [0.25, 0.3) is 0 Å². The van der Waals surface area contributed by atoms with Gasteiger partial charge in [0.2, 0.25) is 5.71 Å². The summed E-state index contributed by atoms with van der Waals surface area (Å²) in [7, 11) is 0. The minimum atomic E-state index is -0.475. The number of carbonyl (C=O) groups excluding carboxylic acids is 1. The number of fused-ring (bicyclic) bond motifs is 2. The van der Waals surface area contributed by atoms with Gasteiger partial charge in [-0.3, -0.25) is 4.79 Å². The van der Waals surface area contributed by atoms with Gasteiger partial charge in [0, 0.05) is 23.0 Å². The molecule has 3 aliphatic carbocycles. The maximum atomic E-state index is 12.8. The standard InChI is InChI=1S/C18H20NO4/c1-17(2)13-8-9-18(17,3)16(21)12(15(13)20)10-11-6-4-5-7-14(11)19(22)23/h4-7,10,13H,8-9H2,1-3H3,(H-,20,21,22,23)/q-1. The van der Waals surface area contributed by atoms with E-state index in [9.17, 15) is 20.3 Å². The van der Waals surface area contributed by atoms with E-state index in [0.29, 0.717) is 5.57 Å². The third-order valence-corrected chi connectivity index (χ3v) is 6.02. The quantitative estimate of drug-likeness (QED) is 0.594. The van der Waals surface area contributed by atoms with Crippen molar-refractivity contribution in [3.8, 4) is 0 Å². The summed E-state index contributed by atoms with van der Waals surface area (Å²) in [6.45, 7) is 6.00. The van der Waals surface area contributed by atoms with E-state index in [0.717, 1.165) is 12.8 Å². The molecule has 0 saturated heterocycles. The molecule has 3 rings (SSSR count). The van der Waals surface area contributed by atoms with Gasteiger partial charge >= 0.3 is 0 Å². The van der Waals surface area contributed by atoms with E-state index in [1.807, 2.05) is 20.8 Å². The number of Topliss-reactive ketones (excluding diaryl/α,β-unsaturated/α-hetero) is 1. The lowest BCUT2D eigenvalue weighted by Crippen LogP contribution is -2.44. The van der Waals surface area contributed by atoms with E-state index in [4.69, 9.17) is 0 Å². The first-order valence-corrected chi connectivity index (χ1v) is 7.76. The van der Waals surface area contributed by atoms with Crippen LogP contribution in [0.15, 0.2) is 47.3 Å². The number of aliphatic hydroxyl groups excluding tert-OH is 1. The Labute approximate surface area is 135 Å². The molecule has 0 aliphatic heterocycles. The average Bonchev–Trinajstić information content (AvgIpc) is 2.69. The Bertz CT molecular complexity index is 732. The van der Waals surface area contributed by atoms with E-state index in [2.05, 4.69) is 0 Å². The summed E-state index contributed by atoms with van der Waals surface area (Å²) >= 11 is 0. The molecule has 1 saturated carbocycles. The molecule has 3 aliphatic rings. The summed E-state index contributed by atoms with van der Waals surface area (Å²) < 4.78 is 0. The third kappa shape index (κ3) is 1.99. The van der Waals surface area contributed by atoms with Gasteiger partial charge in [0.1, 0.15) is 5.76 Å². The fraction of sp³-hybridized carbons (Fsp3) is 0.444. The summed E-state index contributed by atoms with van der Waals surface area (Å²) in [5, 5.41) is 33.1. The van der Waals surface area contributed by atoms with Crippen LogP contribution in [-0.2, 0) is 4.79 Å². The molecule has 0 amide bonds. The van der Waals surface area contributed by atoms with Crippen molar-refractivity contribution in [1.29, 1.82) is 0 Å². The summed E-state index contributed by atoms with van der Waals surface area (Å²) in [4.78, 5) is 12.3. The van der Waals surface area contributed by atoms with Crippen molar-refractivity contribution >= 4 is 11.5 Å². The summed E-state index contributed by atoms with van der Waals surface area (Å²) in [5.74, 6) is -0.197. The fourth-order valence-electron chi connectivity index (χ4n) is 4.06. The van der Waals surface area contributed by atoms with Crippen molar-refractivity contribution in [1.82, 2.24) is 0 Å². The van der Waals surface area contributed by atoms with E-state index in [1.165, 1.54) is 12.2 Å². The molecule has 1 N–H and O–H groups in total. The van der Waals surface area contributed by atoms with Gasteiger partial charge in [0.25, 0.3) is 0 Å². The van der Waals surface area contributed by atoms with Crippen LogP contribution in [0.1, 0.15) is 33.6 Å². The molecule has 0 radical (unpaired) electrons. The number of rotatable bonds is 1. The van der Waals surface area contributed by atoms with Crippen molar-refractivity contribution in [3.63, 3.8) is 0 Å². The molecule has 2 bridgehead atoms.